The summed E-state index contributed by atoms with van der Waals surface area (Å²) in [4.78, 5) is 27.4. The molecule has 0 aliphatic rings. The zero-order chi connectivity index (χ0) is 17.3. The van der Waals surface area contributed by atoms with E-state index in [2.05, 4.69) is 20.9 Å². The third-order valence-electron chi connectivity index (χ3n) is 3.54. The second kappa shape index (κ2) is 6.37. The van der Waals surface area contributed by atoms with Crippen LogP contribution in [0.5, 0.6) is 0 Å². The number of non-ortho nitro benzene ring substituents is 1. The van der Waals surface area contributed by atoms with Gasteiger partial charge in [-0.25, -0.2) is 4.98 Å². The minimum atomic E-state index is -0.454. The molecular formula is C17H12BrN3O3. The summed E-state index contributed by atoms with van der Waals surface area (Å²) in [6.07, 6.45) is 3.22. The molecule has 0 radical (unpaired) electrons. The van der Waals surface area contributed by atoms with Crippen LogP contribution in [0.2, 0.25) is 0 Å². The maximum atomic E-state index is 12.6. The average Bonchev–Trinajstić information content (AvgIpc) is 2.56. The molecule has 0 saturated carbocycles. The maximum Gasteiger partial charge on any atom is 0.270 e. The van der Waals surface area contributed by atoms with Gasteiger partial charge in [-0.15, -0.1) is 0 Å². The highest BCUT2D eigenvalue weighted by Crippen LogP contribution is 2.17. The number of rotatable bonds is 3. The van der Waals surface area contributed by atoms with Gasteiger partial charge in [0.2, 0.25) is 0 Å². The summed E-state index contributed by atoms with van der Waals surface area (Å²) in [6, 6.07) is 11.5. The number of hydrogen-bond acceptors (Lipinski definition) is 4. The predicted octanol–water partition coefficient (Wildman–Crippen LogP) is 4.00. The van der Waals surface area contributed by atoms with Crippen molar-refractivity contribution in [2.75, 3.05) is 0 Å². The van der Waals surface area contributed by atoms with Crippen molar-refractivity contribution in [3.63, 3.8) is 0 Å². The fraction of sp³-hybridized carbons (Fsp3) is 0.0588. The highest BCUT2D eigenvalue weighted by molar-refractivity contribution is 9.10. The van der Waals surface area contributed by atoms with Gasteiger partial charge < -0.3 is 0 Å². The van der Waals surface area contributed by atoms with Gasteiger partial charge in [0.05, 0.1) is 15.8 Å². The minimum absolute atomic E-state index is 0.00165. The maximum absolute atomic E-state index is 12.6. The summed E-state index contributed by atoms with van der Waals surface area (Å²) in [7, 11) is 0. The Morgan fingerprint density at radius 1 is 1.25 bits per heavy atom. The molecule has 0 N–H and O–H groups in total. The summed E-state index contributed by atoms with van der Waals surface area (Å²) < 4.78 is 2.22. The molecule has 0 amide bonds. The van der Waals surface area contributed by atoms with Gasteiger partial charge in [-0.05, 0) is 36.8 Å². The van der Waals surface area contributed by atoms with E-state index in [1.165, 1.54) is 16.7 Å². The molecule has 0 unspecified atom stereocenters. The Bertz CT molecular complexity index is 1040. The Morgan fingerprint density at radius 2 is 2.04 bits per heavy atom. The van der Waals surface area contributed by atoms with Crippen LogP contribution in [-0.2, 0) is 0 Å². The van der Waals surface area contributed by atoms with E-state index < -0.39 is 4.92 Å². The van der Waals surface area contributed by atoms with Crippen molar-refractivity contribution in [1.29, 1.82) is 0 Å². The van der Waals surface area contributed by atoms with E-state index in [-0.39, 0.29) is 11.2 Å². The van der Waals surface area contributed by atoms with Crippen LogP contribution in [0.1, 0.15) is 11.4 Å². The summed E-state index contributed by atoms with van der Waals surface area (Å²) >= 11 is 3.35. The zero-order valence-corrected chi connectivity index (χ0v) is 14.2. The largest absolute Gasteiger partial charge is 0.271 e. The van der Waals surface area contributed by atoms with E-state index in [1.54, 1.807) is 43.5 Å². The smallest absolute Gasteiger partial charge is 0.270 e. The Hall–Kier alpha value is -2.80. The first-order valence-electron chi connectivity index (χ1n) is 7.07. The van der Waals surface area contributed by atoms with Gasteiger partial charge in [0.15, 0.2) is 0 Å². The zero-order valence-electron chi connectivity index (χ0n) is 12.6. The predicted molar refractivity (Wildman–Crippen MR) is 96.8 cm³/mol. The molecule has 1 aromatic heterocycles. The van der Waals surface area contributed by atoms with E-state index >= 15 is 0 Å². The third-order valence-corrected chi connectivity index (χ3v) is 4.03. The first-order valence-corrected chi connectivity index (χ1v) is 7.86. The standard InChI is InChI=1S/C17H12BrN3O3/c1-11-19-16-6-5-13(18)10-15(16)17(22)20(11)8-7-12-3-2-4-14(9-12)21(23)24/h2-10H,1H3/b8-7+. The van der Waals surface area contributed by atoms with Crippen LogP contribution < -0.4 is 5.56 Å². The summed E-state index contributed by atoms with van der Waals surface area (Å²) in [5, 5.41) is 11.3. The van der Waals surface area contributed by atoms with E-state index in [4.69, 9.17) is 0 Å². The summed E-state index contributed by atoms with van der Waals surface area (Å²) in [5.74, 6) is 0.538. The van der Waals surface area contributed by atoms with Crippen molar-refractivity contribution < 1.29 is 4.92 Å². The molecule has 2 aromatic carbocycles. The molecule has 3 aromatic rings. The van der Waals surface area contributed by atoms with Crippen LogP contribution in [0.25, 0.3) is 23.2 Å². The molecule has 0 aliphatic carbocycles. The van der Waals surface area contributed by atoms with Crippen molar-refractivity contribution in [2.45, 2.75) is 6.92 Å². The van der Waals surface area contributed by atoms with Gasteiger partial charge in [-0.3, -0.25) is 19.5 Å². The fourth-order valence-electron chi connectivity index (χ4n) is 2.36. The minimum Gasteiger partial charge on any atom is -0.271 e. The van der Waals surface area contributed by atoms with Crippen LogP contribution in [0.3, 0.4) is 0 Å². The van der Waals surface area contributed by atoms with Gasteiger partial charge in [0.25, 0.3) is 11.2 Å². The SMILES string of the molecule is Cc1nc2ccc(Br)cc2c(=O)n1/C=C/c1cccc([N+](=O)[O-])c1. The average molecular weight is 386 g/mol. The third kappa shape index (κ3) is 3.11. The monoisotopic (exact) mass is 385 g/mol. The Balaban J connectivity index is 2.08. The number of nitro benzene ring substituents is 1. The van der Waals surface area contributed by atoms with Gasteiger partial charge in [-0.2, -0.15) is 0 Å². The molecule has 6 nitrogen and oxygen atoms in total. The molecular weight excluding hydrogens is 374 g/mol. The second-order valence-corrected chi connectivity index (χ2v) is 6.08. The Labute approximate surface area is 145 Å². The number of hydrogen-bond donors (Lipinski definition) is 0. The van der Waals surface area contributed by atoms with Gasteiger partial charge in [0.1, 0.15) is 5.82 Å². The second-order valence-electron chi connectivity index (χ2n) is 5.16. The van der Waals surface area contributed by atoms with Crippen molar-refractivity contribution in [3.05, 3.63) is 78.8 Å². The molecule has 0 bridgehead atoms. The van der Waals surface area contributed by atoms with Crippen molar-refractivity contribution >= 4 is 44.8 Å². The summed E-state index contributed by atoms with van der Waals surface area (Å²) in [6.45, 7) is 1.74. The first-order chi connectivity index (χ1) is 11.5. The molecule has 0 fully saturated rings. The molecule has 0 saturated heterocycles. The lowest BCUT2D eigenvalue weighted by Crippen LogP contribution is -2.19. The van der Waals surface area contributed by atoms with E-state index in [1.807, 2.05) is 6.07 Å². The molecule has 1 heterocycles. The summed E-state index contributed by atoms with van der Waals surface area (Å²) in [5.41, 5.74) is 1.06. The molecule has 0 aliphatic heterocycles. The highest BCUT2D eigenvalue weighted by Gasteiger charge is 2.07. The molecule has 3 rings (SSSR count). The number of benzene rings is 2. The fourth-order valence-corrected chi connectivity index (χ4v) is 2.72. The van der Waals surface area contributed by atoms with Crippen LogP contribution in [0, 0.1) is 17.0 Å². The molecule has 0 spiro atoms. The molecule has 0 atom stereocenters. The van der Waals surface area contributed by atoms with Gasteiger partial charge in [-0.1, -0.05) is 28.1 Å². The number of halogens is 1. The number of aromatic nitrogens is 2. The Kier molecular flexibility index (Phi) is 4.26. The quantitative estimate of drug-likeness (QED) is 0.504. The van der Waals surface area contributed by atoms with Crippen LogP contribution in [0.4, 0.5) is 5.69 Å². The molecule has 7 heteroatoms. The number of nitro groups is 1. The lowest BCUT2D eigenvalue weighted by Gasteiger charge is -2.06. The van der Waals surface area contributed by atoms with E-state index in [9.17, 15) is 14.9 Å². The lowest BCUT2D eigenvalue weighted by atomic mass is 10.2. The number of aryl methyl sites for hydroxylation is 1. The van der Waals surface area contributed by atoms with Crippen molar-refractivity contribution in [3.8, 4) is 0 Å². The van der Waals surface area contributed by atoms with E-state index in [0.29, 0.717) is 22.3 Å². The number of fused-ring (bicyclic) bond motifs is 1. The molecule has 120 valence electrons. The lowest BCUT2D eigenvalue weighted by molar-refractivity contribution is -0.384. The van der Waals surface area contributed by atoms with Crippen molar-refractivity contribution in [1.82, 2.24) is 9.55 Å². The van der Waals surface area contributed by atoms with Crippen LogP contribution in [-0.4, -0.2) is 14.5 Å². The first kappa shape index (κ1) is 16.1. The number of nitrogens with zero attached hydrogens (tertiary/aromatic N) is 3. The van der Waals surface area contributed by atoms with Gasteiger partial charge in [0, 0.05) is 22.8 Å². The molecule has 24 heavy (non-hydrogen) atoms. The topological polar surface area (TPSA) is 78.0 Å². The van der Waals surface area contributed by atoms with E-state index in [0.717, 1.165) is 4.47 Å². The van der Waals surface area contributed by atoms with Crippen molar-refractivity contribution in [2.24, 2.45) is 0 Å². The van der Waals surface area contributed by atoms with Crippen LogP contribution in [0.15, 0.2) is 51.7 Å². The Morgan fingerprint density at radius 3 is 2.79 bits per heavy atom. The van der Waals surface area contributed by atoms with Crippen LogP contribution >= 0.6 is 15.9 Å². The normalized spacial score (nSPS) is 11.2. The highest BCUT2D eigenvalue weighted by atomic mass is 79.9. The van der Waals surface area contributed by atoms with Gasteiger partial charge >= 0.3 is 0 Å².